The number of nitrogens with one attached hydrogen (secondary N) is 1. The summed E-state index contributed by atoms with van der Waals surface area (Å²) in [5, 5.41) is 4.55. The molecule has 1 aliphatic heterocycles. The molecule has 1 aromatic heterocycles. The lowest BCUT2D eigenvalue weighted by molar-refractivity contribution is -0.116. The smallest absolute Gasteiger partial charge is 0.226 e. The maximum Gasteiger partial charge on any atom is 0.226 e. The van der Waals surface area contributed by atoms with Gasteiger partial charge in [0.1, 0.15) is 5.75 Å². The Kier molecular flexibility index (Phi) is 7.30. The van der Waals surface area contributed by atoms with Crippen LogP contribution in [0.2, 0.25) is 5.02 Å². The number of aromatic nitrogens is 2. The van der Waals surface area contributed by atoms with Gasteiger partial charge in [0, 0.05) is 48.7 Å². The van der Waals surface area contributed by atoms with Gasteiger partial charge in [0.2, 0.25) is 11.9 Å². The van der Waals surface area contributed by atoms with Gasteiger partial charge in [-0.3, -0.25) is 4.79 Å². The number of aryl methyl sites for hydroxylation is 2. The number of rotatable bonds is 7. The molecule has 1 fully saturated rings. The molecule has 3 aromatic rings. The minimum absolute atomic E-state index is 0.0630. The van der Waals surface area contributed by atoms with E-state index in [1.165, 1.54) is 0 Å². The number of hydrogen-bond acceptors (Lipinski definition) is 6. The van der Waals surface area contributed by atoms with E-state index in [0.717, 1.165) is 65.7 Å². The van der Waals surface area contributed by atoms with Crippen LogP contribution in [0.3, 0.4) is 0 Å². The van der Waals surface area contributed by atoms with Crippen molar-refractivity contribution in [2.75, 3.05) is 50.1 Å². The lowest BCUT2D eigenvalue weighted by atomic mass is 10.1. The minimum Gasteiger partial charge on any atom is -0.494 e. The van der Waals surface area contributed by atoms with Crippen LogP contribution in [0, 0.1) is 6.92 Å². The Labute approximate surface area is 199 Å². The van der Waals surface area contributed by atoms with E-state index >= 15 is 0 Å². The minimum atomic E-state index is -0.0630. The largest absolute Gasteiger partial charge is 0.494 e. The zero-order chi connectivity index (χ0) is 23.4. The molecule has 1 amide bonds. The molecule has 0 radical (unpaired) electrons. The van der Waals surface area contributed by atoms with Crippen LogP contribution in [0.15, 0.2) is 36.4 Å². The van der Waals surface area contributed by atoms with Gasteiger partial charge in [-0.1, -0.05) is 17.7 Å². The van der Waals surface area contributed by atoms with Crippen molar-refractivity contribution in [1.82, 2.24) is 14.9 Å². The van der Waals surface area contributed by atoms with Crippen LogP contribution in [-0.4, -0.2) is 60.6 Å². The van der Waals surface area contributed by atoms with Crippen molar-refractivity contribution in [3.05, 3.63) is 52.7 Å². The summed E-state index contributed by atoms with van der Waals surface area (Å²) >= 11 is 6.34. The summed E-state index contributed by atoms with van der Waals surface area (Å²) in [6, 6.07) is 11.4. The molecule has 0 bridgehead atoms. The SMILES string of the molecule is CCOc1ccc(CCC(=O)Nc2ccc3nc(N4CCN(C)CC4)nc(C)c3c2)c(Cl)c1. The van der Waals surface area contributed by atoms with E-state index in [9.17, 15) is 4.79 Å². The molecule has 2 heterocycles. The lowest BCUT2D eigenvalue weighted by Gasteiger charge is -2.32. The van der Waals surface area contributed by atoms with Gasteiger partial charge in [-0.15, -0.1) is 0 Å². The van der Waals surface area contributed by atoms with E-state index in [4.69, 9.17) is 26.3 Å². The Morgan fingerprint density at radius 2 is 1.91 bits per heavy atom. The summed E-state index contributed by atoms with van der Waals surface area (Å²) in [5.74, 6) is 1.45. The number of carbonyl (C=O) groups excluding carboxylic acids is 1. The molecule has 7 nitrogen and oxygen atoms in total. The molecule has 0 aliphatic carbocycles. The maximum atomic E-state index is 12.6. The standard InChI is InChI=1S/C25H30ClN5O2/c1-4-33-20-8-5-18(22(26)16-20)6-10-24(32)28-19-7-9-23-21(15-19)17(2)27-25(29-23)31-13-11-30(3)12-14-31/h5,7-9,15-16H,4,6,10-14H2,1-3H3,(H,28,32). The van der Waals surface area contributed by atoms with Crippen molar-refractivity contribution in [3.8, 4) is 5.75 Å². The molecular formula is C25H30ClN5O2. The Hall–Kier alpha value is -2.90. The van der Waals surface area contributed by atoms with E-state index in [1.807, 2.05) is 44.2 Å². The summed E-state index contributed by atoms with van der Waals surface area (Å²) in [5.41, 5.74) is 3.46. The highest BCUT2D eigenvalue weighted by atomic mass is 35.5. The number of nitrogens with zero attached hydrogens (tertiary/aromatic N) is 4. The molecule has 8 heteroatoms. The number of piperazine rings is 1. The first kappa shape index (κ1) is 23.3. The number of hydrogen-bond donors (Lipinski definition) is 1. The number of fused-ring (bicyclic) bond motifs is 1. The third kappa shape index (κ3) is 5.72. The second kappa shape index (κ2) is 10.4. The van der Waals surface area contributed by atoms with Gasteiger partial charge in [0.05, 0.1) is 17.8 Å². The monoisotopic (exact) mass is 467 g/mol. The molecule has 0 spiro atoms. The molecule has 1 N–H and O–H groups in total. The molecule has 0 atom stereocenters. The van der Waals surface area contributed by atoms with E-state index in [0.29, 0.717) is 24.5 Å². The van der Waals surface area contributed by atoms with Crippen molar-refractivity contribution in [2.45, 2.75) is 26.7 Å². The van der Waals surface area contributed by atoms with Gasteiger partial charge < -0.3 is 19.9 Å². The van der Waals surface area contributed by atoms with Crippen LogP contribution < -0.4 is 15.0 Å². The lowest BCUT2D eigenvalue weighted by Crippen LogP contribution is -2.45. The van der Waals surface area contributed by atoms with Gasteiger partial charge in [-0.2, -0.15) is 0 Å². The van der Waals surface area contributed by atoms with Crippen LogP contribution in [-0.2, 0) is 11.2 Å². The van der Waals surface area contributed by atoms with Crippen molar-refractivity contribution in [1.29, 1.82) is 0 Å². The molecule has 174 valence electrons. The average Bonchev–Trinajstić information content (AvgIpc) is 2.79. The van der Waals surface area contributed by atoms with Crippen molar-refractivity contribution < 1.29 is 9.53 Å². The molecule has 1 aliphatic rings. The van der Waals surface area contributed by atoms with Gasteiger partial charge in [0.25, 0.3) is 0 Å². The molecule has 33 heavy (non-hydrogen) atoms. The summed E-state index contributed by atoms with van der Waals surface area (Å²) in [6.07, 6.45) is 0.894. The Bertz CT molecular complexity index is 1150. The number of likely N-dealkylation sites (N-methyl/N-ethyl adjacent to an activating group) is 1. The van der Waals surface area contributed by atoms with E-state index < -0.39 is 0 Å². The normalized spacial score (nSPS) is 14.5. The predicted molar refractivity (Wildman–Crippen MR) is 134 cm³/mol. The third-order valence-corrected chi connectivity index (χ3v) is 6.25. The fraction of sp³-hybridized carbons (Fsp3) is 0.400. The fourth-order valence-corrected chi connectivity index (χ4v) is 4.22. The van der Waals surface area contributed by atoms with Crippen molar-refractivity contribution in [2.24, 2.45) is 0 Å². The molecule has 0 saturated carbocycles. The van der Waals surface area contributed by atoms with Crippen LogP contribution in [0.25, 0.3) is 10.9 Å². The predicted octanol–water partition coefficient (Wildman–Crippen LogP) is 4.31. The van der Waals surface area contributed by atoms with E-state index in [1.54, 1.807) is 6.07 Å². The van der Waals surface area contributed by atoms with Gasteiger partial charge >= 0.3 is 0 Å². The summed E-state index contributed by atoms with van der Waals surface area (Å²) in [7, 11) is 2.13. The number of anilines is 2. The summed E-state index contributed by atoms with van der Waals surface area (Å²) in [6.45, 7) is 8.37. The highest BCUT2D eigenvalue weighted by Gasteiger charge is 2.18. The van der Waals surface area contributed by atoms with Crippen molar-refractivity contribution >= 4 is 40.0 Å². The van der Waals surface area contributed by atoms with Gasteiger partial charge in [-0.25, -0.2) is 9.97 Å². The van der Waals surface area contributed by atoms with Crippen molar-refractivity contribution in [3.63, 3.8) is 0 Å². The second-order valence-electron chi connectivity index (χ2n) is 8.37. The van der Waals surface area contributed by atoms with Gasteiger partial charge in [-0.05, 0) is 63.2 Å². The maximum absolute atomic E-state index is 12.6. The second-order valence-corrected chi connectivity index (χ2v) is 8.77. The zero-order valence-corrected chi connectivity index (χ0v) is 20.2. The molecule has 1 saturated heterocycles. The fourth-order valence-electron chi connectivity index (χ4n) is 3.95. The number of amides is 1. The molecular weight excluding hydrogens is 438 g/mol. The number of ether oxygens (including phenoxy) is 1. The van der Waals surface area contributed by atoms with E-state index in [-0.39, 0.29) is 5.91 Å². The first-order valence-corrected chi connectivity index (χ1v) is 11.7. The van der Waals surface area contributed by atoms with Crippen LogP contribution >= 0.6 is 11.6 Å². The quantitative estimate of drug-likeness (QED) is 0.558. The van der Waals surface area contributed by atoms with Crippen LogP contribution in [0.4, 0.5) is 11.6 Å². The van der Waals surface area contributed by atoms with Crippen LogP contribution in [0.1, 0.15) is 24.6 Å². The Morgan fingerprint density at radius 1 is 1.12 bits per heavy atom. The van der Waals surface area contributed by atoms with E-state index in [2.05, 4.69) is 22.2 Å². The molecule has 4 rings (SSSR count). The van der Waals surface area contributed by atoms with Crippen LogP contribution in [0.5, 0.6) is 5.75 Å². The first-order valence-electron chi connectivity index (χ1n) is 11.4. The Morgan fingerprint density at radius 3 is 2.64 bits per heavy atom. The summed E-state index contributed by atoms with van der Waals surface area (Å²) < 4.78 is 5.46. The Balaban J connectivity index is 1.41. The third-order valence-electron chi connectivity index (χ3n) is 5.90. The highest BCUT2D eigenvalue weighted by Crippen LogP contribution is 2.25. The number of halogens is 1. The average molecular weight is 468 g/mol. The topological polar surface area (TPSA) is 70.6 Å². The molecule has 0 unspecified atom stereocenters. The molecule has 2 aromatic carbocycles. The highest BCUT2D eigenvalue weighted by molar-refractivity contribution is 6.31. The first-order chi connectivity index (χ1) is 15.9. The van der Waals surface area contributed by atoms with Gasteiger partial charge in [0.15, 0.2) is 0 Å². The number of benzene rings is 2. The number of carbonyl (C=O) groups is 1. The summed E-state index contributed by atoms with van der Waals surface area (Å²) in [4.78, 5) is 26.6. The zero-order valence-electron chi connectivity index (χ0n) is 19.4.